The van der Waals surface area contributed by atoms with Gasteiger partial charge in [-0.15, -0.1) is 24.0 Å². The van der Waals surface area contributed by atoms with Gasteiger partial charge < -0.3 is 20.1 Å². The predicted octanol–water partition coefficient (Wildman–Crippen LogP) is 1.53. The van der Waals surface area contributed by atoms with Crippen molar-refractivity contribution in [1.29, 1.82) is 0 Å². The molecule has 1 fully saturated rings. The van der Waals surface area contributed by atoms with Gasteiger partial charge in [0.15, 0.2) is 11.8 Å². The summed E-state index contributed by atoms with van der Waals surface area (Å²) in [6.45, 7) is 9.07. The molecule has 22 heavy (non-hydrogen) atoms. The Morgan fingerprint density at radius 1 is 1.41 bits per heavy atom. The molecule has 2 heterocycles. The van der Waals surface area contributed by atoms with E-state index in [0.29, 0.717) is 30.3 Å². The van der Waals surface area contributed by atoms with Crippen LogP contribution >= 0.6 is 24.0 Å². The van der Waals surface area contributed by atoms with Crippen molar-refractivity contribution >= 4 is 29.9 Å². The third-order valence-corrected chi connectivity index (χ3v) is 3.80. The Bertz CT molecular complexity index is 468. The van der Waals surface area contributed by atoms with E-state index in [-0.39, 0.29) is 24.0 Å². The zero-order chi connectivity index (χ0) is 15.2. The molecule has 0 aromatic carbocycles. The van der Waals surface area contributed by atoms with Crippen LogP contribution in [0.2, 0.25) is 0 Å². The van der Waals surface area contributed by atoms with E-state index in [1.54, 1.807) is 7.05 Å². The van der Waals surface area contributed by atoms with Gasteiger partial charge >= 0.3 is 0 Å². The topological polar surface area (TPSA) is 78.6 Å². The number of aliphatic imine (C=N–C) groups is 1. The maximum Gasteiger partial charge on any atom is 0.246 e. The molecule has 0 unspecified atom stereocenters. The van der Waals surface area contributed by atoms with Gasteiger partial charge in [0.25, 0.3) is 0 Å². The molecule has 1 aliphatic heterocycles. The number of likely N-dealkylation sites (tertiary alicyclic amines) is 1. The van der Waals surface area contributed by atoms with Crippen LogP contribution in [0, 0.1) is 6.92 Å². The molecule has 1 saturated heterocycles. The number of aromatic nitrogens is 2. The van der Waals surface area contributed by atoms with Gasteiger partial charge in [-0.3, -0.25) is 4.99 Å². The number of nitrogens with one attached hydrogen (secondary N) is 2. The Morgan fingerprint density at radius 2 is 2.09 bits per heavy atom. The highest BCUT2D eigenvalue weighted by atomic mass is 127. The summed E-state index contributed by atoms with van der Waals surface area (Å²) in [5, 5.41) is 10.4. The maximum absolute atomic E-state index is 5.08. The third kappa shape index (κ3) is 5.71. The van der Waals surface area contributed by atoms with Gasteiger partial charge in [-0.1, -0.05) is 5.16 Å². The number of nitrogens with zero attached hydrogens (tertiary/aromatic N) is 4. The summed E-state index contributed by atoms with van der Waals surface area (Å²) in [5.41, 5.74) is 0. The molecule has 1 aromatic heterocycles. The van der Waals surface area contributed by atoms with Crippen LogP contribution in [0.25, 0.3) is 0 Å². The molecule has 0 atom stereocenters. The van der Waals surface area contributed by atoms with E-state index in [0.717, 1.165) is 31.9 Å². The Balaban J connectivity index is 0.00000242. The molecular formula is C14H27IN6O. The number of guanidine groups is 1. The lowest BCUT2D eigenvalue weighted by atomic mass is 10.0. The second kappa shape index (κ2) is 9.29. The largest absolute Gasteiger partial charge is 0.354 e. The average Bonchev–Trinajstić information content (AvgIpc) is 2.89. The Labute approximate surface area is 149 Å². The fourth-order valence-electron chi connectivity index (χ4n) is 2.52. The summed E-state index contributed by atoms with van der Waals surface area (Å²) in [5.74, 6) is 2.01. The SMILES string of the molecule is CN=C(NCc1nc(C)no1)NC1CCN(C(C)C)CC1.I. The number of aryl methyl sites for hydroxylation is 1. The normalized spacial score (nSPS) is 17.4. The Morgan fingerprint density at radius 3 is 2.59 bits per heavy atom. The first-order valence-electron chi connectivity index (χ1n) is 7.59. The summed E-state index contributed by atoms with van der Waals surface area (Å²) in [4.78, 5) is 10.9. The molecule has 126 valence electrons. The Kier molecular flexibility index (Phi) is 8.08. The second-order valence-corrected chi connectivity index (χ2v) is 5.71. The van der Waals surface area contributed by atoms with Crippen LogP contribution in [0.3, 0.4) is 0 Å². The van der Waals surface area contributed by atoms with Crippen molar-refractivity contribution in [1.82, 2.24) is 25.7 Å². The standard InChI is InChI=1S/C14H26N6O.HI/c1-10(2)20-7-5-12(6-8-20)18-14(15-4)16-9-13-17-11(3)19-21-13;/h10,12H,5-9H2,1-4H3,(H2,15,16,18);1H. The van der Waals surface area contributed by atoms with Crippen LogP contribution in [0.5, 0.6) is 0 Å². The number of hydrogen-bond donors (Lipinski definition) is 2. The van der Waals surface area contributed by atoms with E-state index in [2.05, 4.69) is 44.5 Å². The van der Waals surface area contributed by atoms with Crippen LogP contribution in [-0.4, -0.2) is 53.2 Å². The molecule has 0 bridgehead atoms. The van der Waals surface area contributed by atoms with Crippen LogP contribution in [0.15, 0.2) is 9.52 Å². The smallest absolute Gasteiger partial charge is 0.246 e. The average molecular weight is 422 g/mol. The minimum atomic E-state index is 0. The maximum atomic E-state index is 5.08. The first-order valence-corrected chi connectivity index (χ1v) is 7.59. The van der Waals surface area contributed by atoms with Gasteiger partial charge in [-0.05, 0) is 33.6 Å². The molecule has 1 aromatic rings. The predicted molar refractivity (Wildman–Crippen MR) is 97.5 cm³/mol. The lowest BCUT2D eigenvalue weighted by Crippen LogP contribution is -2.49. The lowest BCUT2D eigenvalue weighted by Gasteiger charge is -2.35. The van der Waals surface area contributed by atoms with Gasteiger partial charge in [0.2, 0.25) is 5.89 Å². The zero-order valence-electron chi connectivity index (χ0n) is 13.8. The molecular weight excluding hydrogens is 395 g/mol. The molecule has 0 saturated carbocycles. The minimum Gasteiger partial charge on any atom is -0.354 e. The minimum absolute atomic E-state index is 0. The van der Waals surface area contributed by atoms with E-state index in [1.807, 2.05) is 6.92 Å². The first kappa shape index (κ1) is 19.1. The van der Waals surface area contributed by atoms with E-state index in [4.69, 9.17) is 4.52 Å². The van der Waals surface area contributed by atoms with Crippen molar-refractivity contribution in [3.63, 3.8) is 0 Å². The summed E-state index contributed by atoms with van der Waals surface area (Å²) in [6.07, 6.45) is 2.27. The zero-order valence-corrected chi connectivity index (χ0v) is 16.1. The highest BCUT2D eigenvalue weighted by molar-refractivity contribution is 14.0. The molecule has 2 N–H and O–H groups in total. The Hall–Kier alpha value is -0.900. The van der Waals surface area contributed by atoms with Crippen molar-refractivity contribution < 1.29 is 4.52 Å². The van der Waals surface area contributed by atoms with Crippen LogP contribution in [-0.2, 0) is 6.54 Å². The number of halogens is 1. The summed E-state index contributed by atoms with van der Waals surface area (Å²) >= 11 is 0. The van der Waals surface area contributed by atoms with Gasteiger partial charge in [-0.2, -0.15) is 4.98 Å². The highest BCUT2D eigenvalue weighted by Gasteiger charge is 2.21. The van der Waals surface area contributed by atoms with Crippen molar-refractivity contribution in [3.05, 3.63) is 11.7 Å². The molecule has 0 amide bonds. The van der Waals surface area contributed by atoms with Gasteiger partial charge in [-0.25, -0.2) is 0 Å². The van der Waals surface area contributed by atoms with Crippen molar-refractivity contribution in [3.8, 4) is 0 Å². The molecule has 0 aliphatic carbocycles. The summed E-state index contributed by atoms with van der Waals surface area (Å²) < 4.78 is 5.08. The molecule has 8 heteroatoms. The fourth-order valence-corrected chi connectivity index (χ4v) is 2.52. The molecule has 2 rings (SSSR count). The summed E-state index contributed by atoms with van der Waals surface area (Å²) in [7, 11) is 1.78. The molecule has 7 nitrogen and oxygen atoms in total. The van der Waals surface area contributed by atoms with E-state index in [9.17, 15) is 0 Å². The molecule has 0 radical (unpaired) electrons. The molecule has 1 aliphatic rings. The van der Waals surface area contributed by atoms with Crippen LogP contribution in [0.4, 0.5) is 0 Å². The fraction of sp³-hybridized carbons (Fsp3) is 0.786. The van der Waals surface area contributed by atoms with Gasteiger partial charge in [0.1, 0.15) is 0 Å². The van der Waals surface area contributed by atoms with Crippen molar-refractivity contribution in [2.45, 2.75) is 52.2 Å². The van der Waals surface area contributed by atoms with E-state index in [1.165, 1.54) is 0 Å². The highest BCUT2D eigenvalue weighted by Crippen LogP contribution is 2.12. The van der Waals surface area contributed by atoms with Crippen LogP contribution < -0.4 is 10.6 Å². The first-order chi connectivity index (χ1) is 10.1. The van der Waals surface area contributed by atoms with Crippen molar-refractivity contribution in [2.75, 3.05) is 20.1 Å². The number of hydrogen-bond acceptors (Lipinski definition) is 5. The summed E-state index contributed by atoms with van der Waals surface area (Å²) in [6, 6.07) is 1.10. The lowest BCUT2D eigenvalue weighted by molar-refractivity contribution is 0.167. The van der Waals surface area contributed by atoms with E-state index >= 15 is 0 Å². The van der Waals surface area contributed by atoms with E-state index < -0.39 is 0 Å². The molecule has 0 spiro atoms. The van der Waals surface area contributed by atoms with Crippen molar-refractivity contribution in [2.24, 2.45) is 4.99 Å². The third-order valence-electron chi connectivity index (χ3n) is 3.80. The van der Waals surface area contributed by atoms with Gasteiger partial charge in [0, 0.05) is 32.2 Å². The van der Waals surface area contributed by atoms with Gasteiger partial charge in [0.05, 0.1) is 6.54 Å². The number of piperidine rings is 1. The van der Waals surface area contributed by atoms with Crippen LogP contribution in [0.1, 0.15) is 38.4 Å². The quantitative estimate of drug-likeness (QED) is 0.436. The monoisotopic (exact) mass is 422 g/mol. The second-order valence-electron chi connectivity index (χ2n) is 5.71. The number of rotatable bonds is 4.